The molecule has 1 atom stereocenters. The number of carbonyl (C=O) groups excluding carboxylic acids is 2. The SMILES string of the molecule is CC(OC(=O)c1cccc(S(=O)(=O)N2CCCC2)c1)C(=O)Nc1cccnc1Cl. The lowest BCUT2D eigenvalue weighted by atomic mass is 10.2. The minimum absolute atomic E-state index is 0.0214. The maximum Gasteiger partial charge on any atom is 0.338 e. The lowest BCUT2D eigenvalue weighted by molar-refractivity contribution is -0.123. The molecule has 3 rings (SSSR count). The summed E-state index contributed by atoms with van der Waals surface area (Å²) in [5.41, 5.74) is 0.338. The Kier molecular flexibility index (Phi) is 6.51. The average molecular weight is 438 g/mol. The Morgan fingerprint density at radius 2 is 1.93 bits per heavy atom. The highest BCUT2D eigenvalue weighted by Crippen LogP contribution is 2.22. The highest BCUT2D eigenvalue weighted by atomic mass is 35.5. The fourth-order valence-corrected chi connectivity index (χ4v) is 4.59. The van der Waals surface area contributed by atoms with E-state index in [0.29, 0.717) is 18.8 Å². The number of esters is 1. The summed E-state index contributed by atoms with van der Waals surface area (Å²) in [5.74, 6) is -1.39. The van der Waals surface area contributed by atoms with Gasteiger partial charge in [0.15, 0.2) is 11.3 Å². The van der Waals surface area contributed by atoms with Gasteiger partial charge < -0.3 is 10.1 Å². The van der Waals surface area contributed by atoms with Gasteiger partial charge in [-0.1, -0.05) is 17.7 Å². The third-order valence-electron chi connectivity index (χ3n) is 4.44. The largest absolute Gasteiger partial charge is 0.449 e. The van der Waals surface area contributed by atoms with Crippen molar-refractivity contribution < 1.29 is 22.7 Å². The zero-order chi connectivity index (χ0) is 21.0. The Balaban J connectivity index is 1.69. The van der Waals surface area contributed by atoms with E-state index in [2.05, 4.69) is 10.3 Å². The van der Waals surface area contributed by atoms with Crippen LogP contribution in [0.4, 0.5) is 5.69 Å². The molecular formula is C19H20ClN3O5S. The van der Waals surface area contributed by atoms with Crippen LogP contribution in [0, 0.1) is 0 Å². The molecule has 0 saturated carbocycles. The molecule has 8 nitrogen and oxygen atoms in total. The number of pyridine rings is 1. The highest BCUT2D eigenvalue weighted by molar-refractivity contribution is 7.89. The number of benzene rings is 1. The van der Waals surface area contributed by atoms with Crippen LogP contribution >= 0.6 is 11.6 Å². The molecule has 1 N–H and O–H groups in total. The number of aromatic nitrogens is 1. The fraction of sp³-hybridized carbons (Fsp3) is 0.316. The van der Waals surface area contributed by atoms with Gasteiger partial charge in [0.1, 0.15) is 0 Å². The van der Waals surface area contributed by atoms with Gasteiger partial charge in [0.2, 0.25) is 10.0 Å². The van der Waals surface area contributed by atoms with E-state index in [1.165, 1.54) is 41.7 Å². The maximum atomic E-state index is 12.7. The molecule has 1 amide bonds. The van der Waals surface area contributed by atoms with Gasteiger partial charge in [0.25, 0.3) is 5.91 Å². The van der Waals surface area contributed by atoms with Gasteiger partial charge in [0, 0.05) is 19.3 Å². The summed E-state index contributed by atoms with van der Waals surface area (Å²) >= 11 is 5.89. The molecule has 1 aliphatic rings. The molecule has 1 fully saturated rings. The number of ether oxygens (including phenoxy) is 1. The first kappa shape index (κ1) is 21.2. The molecule has 1 saturated heterocycles. The van der Waals surface area contributed by atoms with E-state index in [-0.39, 0.29) is 15.6 Å². The zero-order valence-electron chi connectivity index (χ0n) is 15.7. The molecule has 2 aromatic rings. The molecule has 1 aliphatic heterocycles. The van der Waals surface area contributed by atoms with Gasteiger partial charge in [0.05, 0.1) is 16.1 Å². The van der Waals surface area contributed by atoms with Crippen molar-refractivity contribution in [2.24, 2.45) is 0 Å². The van der Waals surface area contributed by atoms with E-state index in [1.54, 1.807) is 12.1 Å². The second-order valence-electron chi connectivity index (χ2n) is 6.52. The van der Waals surface area contributed by atoms with E-state index >= 15 is 0 Å². The van der Waals surface area contributed by atoms with Crippen molar-refractivity contribution in [1.82, 2.24) is 9.29 Å². The van der Waals surface area contributed by atoms with Crippen LogP contribution in [0.15, 0.2) is 47.5 Å². The van der Waals surface area contributed by atoms with Crippen LogP contribution in [0.1, 0.15) is 30.1 Å². The Bertz CT molecular complexity index is 1020. The van der Waals surface area contributed by atoms with E-state index in [0.717, 1.165) is 12.8 Å². The van der Waals surface area contributed by atoms with Gasteiger partial charge in [-0.25, -0.2) is 18.2 Å². The third kappa shape index (κ3) is 4.92. The van der Waals surface area contributed by atoms with Crippen LogP contribution < -0.4 is 5.32 Å². The van der Waals surface area contributed by atoms with E-state index in [4.69, 9.17) is 16.3 Å². The molecule has 29 heavy (non-hydrogen) atoms. The Morgan fingerprint density at radius 1 is 1.21 bits per heavy atom. The Morgan fingerprint density at radius 3 is 2.62 bits per heavy atom. The van der Waals surface area contributed by atoms with E-state index in [1.807, 2.05) is 0 Å². The van der Waals surface area contributed by atoms with Crippen LogP contribution in [0.5, 0.6) is 0 Å². The normalized spacial score (nSPS) is 15.7. The van der Waals surface area contributed by atoms with Crippen molar-refractivity contribution in [2.45, 2.75) is 30.8 Å². The number of carbonyl (C=O) groups is 2. The average Bonchev–Trinajstić information content (AvgIpc) is 3.25. The van der Waals surface area contributed by atoms with Gasteiger partial charge in [-0.2, -0.15) is 4.31 Å². The zero-order valence-corrected chi connectivity index (χ0v) is 17.2. The molecule has 10 heteroatoms. The number of hydrogen-bond acceptors (Lipinski definition) is 6. The first-order valence-corrected chi connectivity index (χ1v) is 10.8. The van der Waals surface area contributed by atoms with Crippen molar-refractivity contribution in [2.75, 3.05) is 18.4 Å². The third-order valence-corrected chi connectivity index (χ3v) is 6.64. The van der Waals surface area contributed by atoms with Gasteiger partial charge in [-0.3, -0.25) is 4.79 Å². The summed E-state index contributed by atoms with van der Waals surface area (Å²) in [7, 11) is -3.66. The predicted molar refractivity (Wildman–Crippen MR) is 107 cm³/mol. The summed E-state index contributed by atoms with van der Waals surface area (Å²) < 4.78 is 31.9. The standard InChI is InChI=1S/C19H20ClN3O5S/c1-13(18(24)22-16-8-5-9-21-17(16)20)28-19(25)14-6-4-7-15(12-14)29(26,27)23-10-2-3-11-23/h4-9,12-13H,2-3,10-11H2,1H3,(H,22,24). The van der Waals surface area contributed by atoms with Gasteiger partial charge in [-0.05, 0) is 50.1 Å². The molecule has 0 aliphatic carbocycles. The number of hydrogen-bond donors (Lipinski definition) is 1. The molecule has 154 valence electrons. The summed E-state index contributed by atoms with van der Waals surface area (Å²) in [4.78, 5) is 28.6. The second-order valence-corrected chi connectivity index (χ2v) is 8.81. The molecule has 0 spiro atoms. The maximum absolute atomic E-state index is 12.7. The Labute approximate surface area is 173 Å². The number of amides is 1. The predicted octanol–water partition coefficient (Wildman–Crippen LogP) is 2.70. The number of nitrogens with one attached hydrogen (secondary N) is 1. The summed E-state index contributed by atoms with van der Waals surface area (Å²) in [6.07, 6.45) is 1.98. The quantitative estimate of drug-likeness (QED) is 0.550. The van der Waals surface area contributed by atoms with Crippen LogP contribution in [0.2, 0.25) is 5.15 Å². The summed E-state index contributed by atoms with van der Waals surface area (Å²) in [6, 6.07) is 8.77. The van der Waals surface area contributed by atoms with Crippen molar-refractivity contribution in [3.63, 3.8) is 0 Å². The first-order chi connectivity index (χ1) is 13.8. The number of anilines is 1. The van der Waals surface area contributed by atoms with Crippen LogP contribution in [0.3, 0.4) is 0 Å². The van der Waals surface area contributed by atoms with Crippen LogP contribution in [0.25, 0.3) is 0 Å². The summed E-state index contributed by atoms with van der Waals surface area (Å²) in [5, 5.41) is 2.64. The van der Waals surface area contributed by atoms with Crippen molar-refractivity contribution >= 4 is 39.2 Å². The lowest BCUT2D eigenvalue weighted by Gasteiger charge is -2.16. The minimum atomic E-state index is -3.66. The lowest BCUT2D eigenvalue weighted by Crippen LogP contribution is -2.30. The van der Waals surface area contributed by atoms with Crippen molar-refractivity contribution in [1.29, 1.82) is 0 Å². The number of nitrogens with zero attached hydrogens (tertiary/aromatic N) is 2. The van der Waals surface area contributed by atoms with Crippen molar-refractivity contribution in [3.8, 4) is 0 Å². The molecule has 1 unspecified atom stereocenters. The molecule has 0 radical (unpaired) electrons. The van der Waals surface area contributed by atoms with Crippen LogP contribution in [-0.4, -0.2) is 48.8 Å². The minimum Gasteiger partial charge on any atom is -0.449 e. The number of rotatable bonds is 6. The molecule has 1 aromatic heterocycles. The topological polar surface area (TPSA) is 106 Å². The fourth-order valence-electron chi connectivity index (χ4n) is 2.86. The smallest absolute Gasteiger partial charge is 0.338 e. The van der Waals surface area contributed by atoms with Gasteiger partial charge >= 0.3 is 5.97 Å². The molecule has 0 bridgehead atoms. The molecular weight excluding hydrogens is 418 g/mol. The molecule has 2 heterocycles. The highest BCUT2D eigenvalue weighted by Gasteiger charge is 2.28. The number of sulfonamides is 1. The monoisotopic (exact) mass is 437 g/mol. The molecule has 1 aromatic carbocycles. The summed E-state index contributed by atoms with van der Waals surface area (Å²) in [6.45, 7) is 2.33. The van der Waals surface area contributed by atoms with E-state index < -0.39 is 28.0 Å². The van der Waals surface area contributed by atoms with E-state index in [9.17, 15) is 18.0 Å². The first-order valence-electron chi connectivity index (χ1n) is 9.01. The number of halogens is 1. The van der Waals surface area contributed by atoms with Gasteiger partial charge in [-0.15, -0.1) is 0 Å². The van der Waals surface area contributed by atoms with Crippen molar-refractivity contribution in [3.05, 3.63) is 53.3 Å². The van der Waals surface area contributed by atoms with Crippen LogP contribution in [-0.2, 0) is 19.6 Å². The Hall–Kier alpha value is -2.49. The second kappa shape index (κ2) is 8.89.